The van der Waals surface area contributed by atoms with Crippen molar-refractivity contribution in [3.8, 4) is 28.7 Å². The lowest BCUT2D eigenvalue weighted by molar-refractivity contribution is -0.402. The maximum atomic E-state index is 13.4. The number of methoxy groups -OCH3 is 2. The summed E-state index contributed by atoms with van der Waals surface area (Å²) in [6.45, 7) is 1.55. The van der Waals surface area contributed by atoms with Crippen LogP contribution < -0.4 is 30.4 Å². The maximum absolute atomic E-state index is 13.4. The van der Waals surface area contributed by atoms with E-state index < -0.39 is 72.7 Å². The number of esters is 1. The summed E-state index contributed by atoms with van der Waals surface area (Å²) in [6, 6.07) is 6.79. The van der Waals surface area contributed by atoms with E-state index in [0.29, 0.717) is 28.2 Å². The quantitative estimate of drug-likeness (QED) is 0.219. The van der Waals surface area contributed by atoms with Gasteiger partial charge in [-0.2, -0.15) is 0 Å². The third-order valence-electron chi connectivity index (χ3n) is 8.97. The number of fused-ring (bicyclic) bond motifs is 4. The van der Waals surface area contributed by atoms with Crippen molar-refractivity contribution >= 4 is 5.97 Å². The topological polar surface area (TPSA) is 213 Å². The largest absolute Gasteiger partial charge is 0.502 e. The first-order valence-electron chi connectivity index (χ1n) is 14.2. The highest BCUT2D eigenvalue weighted by Gasteiger charge is 2.59. The number of aromatic hydroxyl groups is 1. The summed E-state index contributed by atoms with van der Waals surface area (Å²) in [6.07, 6.45) is -8.57. The summed E-state index contributed by atoms with van der Waals surface area (Å²) < 4.78 is 51.4. The zero-order valence-corrected chi connectivity index (χ0v) is 24.1. The van der Waals surface area contributed by atoms with E-state index in [1.54, 1.807) is 31.2 Å². The van der Waals surface area contributed by atoms with Crippen LogP contribution in [0.25, 0.3) is 0 Å². The van der Waals surface area contributed by atoms with Crippen molar-refractivity contribution in [2.24, 2.45) is 23.3 Å². The molecule has 0 radical (unpaired) electrons. The molecule has 10 atom stereocenters. The predicted molar refractivity (Wildman–Crippen MR) is 145 cm³/mol. The summed E-state index contributed by atoms with van der Waals surface area (Å²) in [5, 5.41) is 32.7. The summed E-state index contributed by atoms with van der Waals surface area (Å²) in [7, 11) is 2.83. The minimum atomic E-state index is -1.86. The average Bonchev–Trinajstić information content (AvgIpc) is 3.61. The maximum Gasteiger partial charge on any atom is 0.310 e. The van der Waals surface area contributed by atoms with E-state index in [2.05, 4.69) is 0 Å². The van der Waals surface area contributed by atoms with Crippen LogP contribution in [0, 0.1) is 11.8 Å². The highest BCUT2D eigenvalue weighted by Crippen LogP contribution is 2.57. The Balaban J connectivity index is 1.32. The SMILES string of the molecule is COc1cc(C2c3cc4c(cc3C(OC3OC5C(OC(C)OC5(N)N)C(O)C3O)C3COC(=O)C23)OCO4)cc(OC)c1O. The van der Waals surface area contributed by atoms with Gasteiger partial charge in [-0.1, -0.05) is 0 Å². The van der Waals surface area contributed by atoms with E-state index in [1.165, 1.54) is 14.2 Å². The van der Waals surface area contributed by atoms with Gasteiger partial charge < -0.3 is 58.0 Å². The van der Waals surface area contributed by atoms with Gasteiger partial charge in [0.15, 0.2) is 35.6 Å². The molecule has 5 aliphatic rings. The summed E-state index contributed by atoms with van der Waals surface area (Å²) in [5.74, 6) is -3.28. The Labute approximate surface area is 251 Å². The molecule has 2 aromatic carbocycles. The monoisotopic (exact) mass is 618 g/mol. The smallest absolute Gasteiger partial charge is 0.310 e. The Morgan fingerprint density at radius 1 is 0.932 bits per heavy atom. The van der Waals surface area contributed by atoms with Gasteiger partial charge in [0.2, 0.25) is 18.4 Å². The van der Waals surface area contributed by atoms with Crippen LogP contribution in [0.2, 0.25) is 0 Å². The number of carbonyl (C=O) groups is 1. The van der Waals surface area contributed by atoms with Gasteiger partial charge in [-0.15, -0.1) is 0 Å². The summed E-state index contributed by atoms with van der Waals surface area (Å²) >= 11 is 0. The number of nitrogens with two attached hydrogens (primary N) is 2. The molecule has 7 rings (SSSR count). The van der Waals surface area contributed by atoms with Gasteiger partial charge in [0.05, 0.1) is 32.8 Å². The molecular weight excluding hydrogens is 584 g/mol. The second kappa shape index (κ2) is 10.6. The molecule has 3 saturated heterocycles. The van der Waals surface area contributed by atoms with Gasteiger partial charge in [0, 0.05) is 11.8 Å². The molecule has 15 heteroatoms. The third-order valence-corrected chi connectivity index (χ3v) is 8.97. The second-order valence-corrected chi connectivity index (χ2v) is 11.5. The molecule has 238 valence electrons. The van der Waals surface area contributed by atoms with Crippen molar-refractivity contribution in [2.75, 3.05) is 27.6 Å². The zero-order valence-electron chi connectivity index (χ0n) is 24.1. The Hall–Kier alpha value is -3.41. The van der Waals surface area contributed by atoms with Crippen LogP contribution in [-0.4, -0.2) is 91.8 Å². The first kappa shape index (κ1) is 29.3. The number of rotatable bonds is 5. The van der Waals surface area contributed by atoms with Crippen LogP contribution in [0.15, 0.2) is 24.3 Å². The lowest BCUT2D eigenvalue weighted by Crippen LogP contribution is -2.76. The number of phenolic OH excluding ortho intramolecular Hbond substituents is 1. The molecule has 1 aliphatic carbocycles. The predicted octanol–water partition coefficient (Wildman–Crippen LogP) is -0.0902. The first-order chi connectivity index (χ1) is 21.0. The molecule has 0 spiro atoms. The van der Waals surface area contributed by atoms with E-state index >= 15 is 0 Å². The van der Waals surface area contributed by atoms with E-state index in [9.17, 15) is 20.1 Å². The van der Waals surface area contributed by atoms with Crippen molar-refractivity contribution in [3.05, 3.63) is 41.0 Å². The van der Waals surface area contributed by atoms with Gasteiger partial charge in [-0.25, -0.2) is 0 Å². The minimum Gasteiger partial charge on any atom is -0.502 e. The molecule has 44 heavy (non-hydrogen) atoms. The van der Waals surface area contributed by atoms with E-state index in [4.69, 9.17) is 54.1 Å². The molecule has 0 bridgehead atoms. The Bertz CT molecular complexity index is 1440. The zero-order chi connectivity index (χ0) is 31.1. The van der Waals surface area contributed by atoms with Gasteiger partial charge in [0.25, 0.3) is 0 Å². The molecule has 4 aliphatic heterocycles. The highest BCUT2D eigenvalue weighted by molar-refractivity contribution is 5.79. The van der Waals surface area contributed by atoms with Crippen LogP contribution in [0.3, 0.4) is 0 Å². The lowest BCUT2D eigenvalue weighted by atomic mass is 9.66. The molecule has 0 amide bonds. The fourth-order valence-electron chi connectivity index (χ4n) is 6.99. The number of hydrogen-bond donors (Lipinski definition) is 5. The number of aliphatic hydroxyl groups excluding tert-OH is 2. The molecule has 2 aromatic rings. The van der Waals surface area contributed by atoms with Crippen LogP contribution in [0.1, 0.15) is 35.6 Å². The third kappa shape index (κ3) is 4.46. The number of aliphatic hydroxyl groups is 2. The summed E-state index contributed by atoms with van der Waals surface area (Å²) in [5.41, 5.74) is 14.2. The van der Waals surface area contributed by atoms with Crippen LogP contribution in [0.5, 0.6) is 28.7 Å². The van der Waals surface area contributed by atoms with Crippen molar-refractivity contribution in [2.45, 2.75) is 61.8 Å². The molecule has 4 heterocycles. The molecule has 10 unspecified atom stereocenters. The number of cyclic esters (lactones) is 1. The Kier molecular flexibility index (Phi) is 7.06. The van der Waals surface area contributed by atoms with Gasteiger partial charge in [-0.3, -0.25) is 16.3 Å². The van der Waals surface area contributed by atoms with Crippen molar-refractivity contribution in [3.63, 3.8) is 0 Å². The van der Waals surface area contributed by atoms with Crippen molar-refractivity contribution < 1.29 is 62.7 Å². The van der Waals surface area contributed by atoms with Crippen LogP contribution in [-0.2, 0) is 28.5 Å². The standard InChI is InChI=1S/C29H34N2O13/c1-10-41-25-22(33)23(34)28(43-26(25)29(30,31)44-10)42-24-13-7-16-15(39-9-40-16)6-12(13)19(20-14(24)8-38-27(20)35)11-4-17(36-2)21(32)18(5-11)37-3/h4-7,10,14,19-20,22-26,28,32-34H,8-9,30-31H2,1-3H3. The molecule has 3 fully saturated rings. The average molecular weight is 619 g/mol. The van der Waals surface area contributed by atoms with Crippen LogP contribution >= 0.6 is 0 Å². The van der Waals surface area contributed by atoms with Crippen molar-refractivity contribution in [1.82, 2.24) is 0 Å². The Morgan fingerprint density at radius 3 is 2.25 bits per heavy atom. The van der Waals surface area contributed by atoms with Crippen LogP contribution in [0.4, 0.5) is 0 Å². The van der Waals surface area contributed by atoms with Crippen molar-refractivity contribution in [1.29, 1.82) is 0 Å². The molecule has 0 aromatic heterocycles. The number of phenols is 1. The summed E-state index contributed by atoms with van der Waals surface area (Å²) in [4.78, 5) is 13.4. The number of hydrogen-bond acceptors (Lipinski definition) is 15. The van der Waals surface area contributed by atoms with E-state index in [1.807, 2.05) is 0 Å². The highest BCUT2D eigenvalue weighted by atomic mass is 16.8. The van der Waals surface area contributed by atoms with Gasteiger partial charge in [-0.05, 0) is 47.9 Å². The molecule has 7 N–H and O–H groups in total. The fourth-order valence-corrected chi connectivity index (χ4v) is 6.99. The molecule has 15 nitrogen and oxygen atoms in total. The Morgan fingerprint density at radius 2 is 1.59 bits per heavy atom. The number of ether oxygens (including phenoxy) is 9. The van der Waals surface area contributed by atoms with Gasteiger partial charge >= 0.3 is 5.97 Å². The van der Waals surface area contributed by atoms with E-state index in [-0.39, 0.29) is 30.6 Å². The lowest BCUT2D eigenvalue weighted by Gasteiger charge is -2.52. The number of carbonyl (C=O) groups excluding carboxylic acids is 1. The fraction of sp³-hybridized carbons (Fsp3) is 0.552. The first-order valence-corrected chi connectivity index (χ1v) is 14.2. The minimum absolute atomic E-state index is 0.00259. The second-order valence-electron chi connectivity index (χ2n) is 11.5. The van der Waals surface area contributed by atoms with Gasteiger partial charge in [0.1, 0.15) is 24.4 Å². The van der Waals surface area contributed by atoms with E-state index in [0.717, 1.165) is 0 Å². The normalized spacial score (nSPS) is 36.6. The number of benzene rings is 2. The molecule has 0 saturated carbocycles. The molecular formula is C29H34N2O13.